The number of aromatic nitrogens is 2. The van der Waals surface area contributed by atoms with Crippen molar-refractivity contribution in [1.29, 1.82) is 0 Å². The lowest BCUT2D eigenvalue weighted by Crippen LogP contribution is -2.52. The van der Waals surface area contributed by atoms with Gasteiger partial charge in [-0.25, -0.2) is 8.78 Å². The molecule has 2 saturated heterocycles. The number of fused-ring (bicyclic) bond motifs is 2. The predicted octanol–water partition coefficient (Wildman–Crippen LogP) is 5.90. The number of halogens is 2. The SMILES string of the molecule is C#Cc1c(F)ccc2cc(O)cc([C@@H]3COc4c(nc(OC[C@]5(C)C[C@@H](F)CN5C5CCOCC5)nc4NCC4(N(C)C(=O)C=C)CCCC4)C3)c12. The smallest absolute Gasteiger partial charge is 0.318 e. The Balaban J connectivity index is 1.23. The molecule has 1 amide bonds. The van der Waals surface area contributed by atoms with Crippen molar-refractivity contribution in [2.45, 2.75) is 87.5 Å². The lowest BCUT2D eigenvalue weighted by atomic mass is 9.87. The Morgan fingerprint density at radius 3 is 2.77 bits per heavy atom. The van der Waals surface area contributed by atoms with E-state index < -0.39 is 23.1 Å². The Morgan fingerprint density at radius 1 is 1.27 bits per heavy atom. The topological polar surface area (TPSA) is 109 Å². The van der Waals surface area contributed by atoms with Crippen LogP contribution in [0.2, 0.25) is 0 Å². The number of aromatic hydroxyl groups is 1. The zero-order valence-corrected chi connectivity index (χ0v) is 29.9. The van der Waals surface area contributed by atoms with E-state index >= 15 is 4.39 Å². The molecule has 3 aromatic rings. The summed E-state index contributed by atoms with van der Waals surface area (Å²) in [6, 6.07) is 6.40. The molecule has 0 spiro atoms. The molecule has 4 heterocycles. The number of likely N-dealkylation sites (tertiary alicyclic amines) is 1. The number of hydrogen-bond acceptors (Lipinski definition) is 9. The lowest BCUT2D eigenvalue weighted by Gasteiger charge is -2.41. The Hall–Kier alpha value is -4.47. The van der Waals surface area contributed by atoms with E-state index in [2.05, 4.69) is 22.7 Å². The van der Waals surface area contributed by atoms with Gasteiger partial charge in [0.1, 0.15) is 24.3 Å². The molecule has 0 unspecified atom stereocenters. The molecule has 3 aliphatic heterocycles. The molecule has 52 heavy (non-hydrogen) atoms. The molecule has 3 atom stereocenters. The number of nitrogens with one attached hydrogen (secondary N) is 1. The van der Waals surface area contributed by atoms with Crippen LogP contribution in [0.1, 0.15) is 74.6 Å². The fraction of sp³-hybridized carbons (Fsp3) is 0.525. The molecule has 2 N–H and O–H groups in total. The maximum absolute atomic E-state index is 15.0. The first kappa shape index (κ1) is 35.9. The van der Waals surface area contributed by atoms with Crippen LogP contribution in [0.5, 0.6) is 17.5 Å². The third-order valence-electron chi connectivity index (χ3n) is 11.7. The second-order valence-electron chi connectivity index (χ2n) is 15.0. The predicted molar refractivity (Wildman–Crippen MR) is 194 cm³/mol. The average molecular weight is 716 g/mol. The van der Waals surface area contributed by atoms with Crippen molar-refractivity contribution < 1.29 is 32.9 Å². The average Bonchev–Trinajstić information content (AvgIpc) is 3.76. The zero-order chi connectivity index (χ0) is 36.6. The van der Waals surface area contributed by atoms with Crippen LogP contribution >= 0.6 is 0 Å². The van der Waals surface area contributed by atoms with Crippen LogP contribution in [-0.2, 0) is 16.0 Å². The standard InChI is InChI=1S/C40H47F2N5O5/c1-5-30-32(42)10-9-25-17-29(48)19-31(35(25)30)26-18-33-36(51-22-26)37(43-23-40(13-7-8-14-40)46(4)34(49)6-2)45-38(44-33)52-24-39(3)20-27(41)21-47(39)28-11-15-50-16-12-28/h1,6,9-10,17,19,26-28,48H,2,7-8,11-16,18,20-24H2,3-4H3,(H,43,44,45)/t26-,27+,39-/m0/s1. The van der Waals surface area contributed by atoms with Crippen LogP contribution in [0.25, 0.3) is 10.8 Å². The highest BCUT2D eigenvalue weighted by atomic mass is 19.1. The van der Waals surface area contributed by atoms with Gasteiger partial charge in [0.25, 0.3) is 0 Å². The first-order valence-corrected chi connectivity index (χ1v) is 18.2. The molecule has 0 bridgehead atoms. The summed E-state index contributed by atoms with van der Waals surface area (Å²) in [5.41, 5.74) is 0.312. The number of terminal acetylenes is 1. The molecule has 276 valence electrons. The number of benzene rings is 2. The van der Waals surface area contributed by atoms with E-state index in [1.54, 1.807) is 30.1 Å². The van der Waals surface area contributed by atoms with E-state index in [9.17, 15) is 14.3 Å². The van der Waals surface area contributed by atoms with Gasteiger partial charge in [-0.15, -0.1) is 6.42 Å². The highest BCUT2D eigenvalue weighted by Gasteiger charge is 2.47. The summed E-state index contributed by atoms with van der Waals surface area (Å²) >= 11 is 0. The monoisotopic (exact) mass is 715 g/mol. The normalized spacial score (nSPS) is 24.5. The summed E-state index contributed by atoms with van der Waals surface area (Å²) in [7, 11) is 1.81. The van der Waals surface area contributed by atoms with E-state index in [0.29, 0.717) is 72.7 Å². The summed E-state index contributed by atoms with van der Waals surface area (Å²) in [6.07, 6.45) is 12.1. The van der Waals surface area contributed by atoms with Crippen LogP contribution in [0.3, 0.4) is 0 Å². The van der Waals surface area contributed by atoms with Crippen molar-refractivity contribution in [1.82, 2.24) is 19.8 Å². The molecule has 0 radical (unpaired) electrons. The molecule has 7 rings (SSSR count). The molecule has 1 aliphatic carbocycles. The van der Waals surface area contributed by atoms with Gasteiger partial charge < -0.3 is 29.5 Å². The van der Waals surface area contributed by atoms with Crippen molar-refractivity contribution in [3.05, 3.63) is 59.6 Å². The first-order valence-electron chi connectivity index (χ1n) is 18.2. The third kappa shape index (κ3) is 6.76. The number of ether oxygens (including phenoxy) is 3. The van der Waals surface area contributed by atoms with Gasteiger partial charge in [-0.2, -0.15) is 9.97 Å². The maximum atomic E-state index is 15.0. The molecule has 2 aromatic carbocycles. The highest BCUT2D eigenvalue weighted by molar-refractivity contribution is 5.93. The molecule has 1 aromatic heterocycles. The number of rotatable bonds is 10. The Labute approximate surface area is 303 Å². The second kappa shape index (κ2) is 14.5. The maximum Gasteiger partial charge on any atom is 0.318 e. The van der Waals surface area contributed by atoms with Crippen LogP contribution < -0.4 is 14.8 Å². The van der Waals surface area contributed by atoms with Gasteiger partial charge in [0.05, 0.1) is 28.9 Å². The second-order valence-corrected chi connectivity index (χ2v) is 15.0. The van der Waals surface area contributed by atoms with Crippen molar-refractivity contribution in [3.63, 3.8) is 0 Å². The summed E-state index contributed by atoms with van der Waals surface area (Å²) in [4.78, 5) is 26.4. The number of phenols is 1. The summed E-state index contributed by atoms with van der Waals surface area (Å²) in [5.74, 6) is 2.41. The number of hydrogen-bond donors (Lipinski definition) is 2. The zero-order valence-electron chi connectivity index (χ0n) is 29.9. The minimum atomic E-state index is -0.972. The van der Waals surface area contributed by atoms with Crippen molar-refractivity contribution in [3.8, 4) is 29.9 Å². The number of nitrogens with zero attached hydrogens (tertiary/aromatic N) is 4. The van der Waals surface area contributed by atoms with Crippen LogP contribution in [-0.4, -0.2) is 101 Å². The third-order valence-corrected chi connectivity index (χ3v) is 11.7. The molecule has 1 saturated carbocycles. The Kier molecular flexibility index (Phi) is 10.0. The number of carbonyl (C=O) groups excluding carboxylic acids is 1. The Morgan fingerprint density at radius 2 is 2.04 bits per heavy atom. The fourth-order valence-corrected chi connectivity index (χ4v) is 8.87. The van der Waals surface area contributed by atoms with Gasteiger partial charge in [-0.1, -0.05) is 31.4 Å². The van der Waals surface area contributed by atoms with Crippen molar-refractivity contribution in [2.75, 3.05) is 51.9 Å². The number of likely N-dealkylation sites (N-methyl/N-ethyl adjacent to an activating group) is 1. The molecular formula is C40H47F2N5O5. The molecule has 4 aliphatic rings. The number of carbonyl (C=O) groups is 1. The quantitative estimate of drug-likeness (QED) is 0.196. The molecule has 3 fully saturated rings. The van der Waals surface area contributed by atoms with Gasteiger partial charge in [0.2, 0.25) is 5.91 Å². The van der Waals surface area contributed by atoms with E-state index in [4.69, 9.17) is 30.6 Å². The van der Waals surface area contributed by atoms with Crippen LogP contribution in [0, 0.1) is 18.2 Å². The van der Waals surface area contributed by atoms with Gasteiger partial charge in [-0.05, 0) is 67.8 Å². The van der Waals surface area contributed by atoms with E-state index in [1.807, 2.05) is 6.92 Å². The molecule has 10 nitrogen and oxygen atoms in total. The highest BCUT2D eigenvalue weighted by Crippen LogP contribution is 2.43. The Bertz CT molecular complexity index is 1890. The number of alkyl halides is 1. The minimum absolute atomic E-state index is 0.0297. The fourth-order valence-electron chi connectivity index (χ4n) is 8.87. The van der Waals surface area contributed by atoms with Gasteiger partial charge >= 0.3 is 6.01 Å². The largest absolute Gasteiger partial charge is 0.508 e. The van der Waals surface area contributed by atoms with E-state index in [0.717, 1.165) is 38.5 Å². The number of phenolic OH excluding ortho intramolecular Hbond substituents is 1. The van der Waals surface area contributed by atoms with Crippen LogP contribution in [0.15, 0.2) is 36.9 Å². The first-order chi connectivity index (χ1) is 25.0. The van der Waals surface area contributed by atoms with E-state index in [1.165, 1.54) is 12.1 Å². The van der Waals surface area contributed by atoms with Gasteiger partial charge in [0.15, 0.2) is 11.6 Å². The van der Waals surface area contributed by atoms with Gasteiger partial charge in [0, 0.05) is 63.5 Å². The van der Waals surface area contributed by atoms with Crippen LogP contribution in [0.4, 0.5) is 14.6 Å². The van der Waals surface area contributed by atoms with Gasteiger partial charge in [-0.3, -0.25) is 9.69 Å². The van der Waals surface area contributed by atoms with E-state index in [-0.39, 0.29) is 48.4 Å². The lowest BCUT2D eigenvalue weighted by molar-refractivity contribution is -0.129. The molecular weight excluding hydrogens is 668 g/mol. The number of anilines is 1. The molecule has 12 heteroatoms. The summed E-state index contributed by atoms with van der Waals surface area (Å²) in [6.45, 7) is 8.16. The minimum Gasteiger partial charge on any atom is -0.508 e. The number of amides is 1. The van der Waals surface area contributed by atoms with Crippen molar-refractivity contribution in [2.24, 2.45) is 0 Å². The summed E-state index contributed by atoms with van der Waals surface area (Å²) in [5, 5.41) is 15.3. The summed E-state index contributed by atoms with van der Waals surface area (Å²) < 4.78 is 48.4. The van der Waals surface area contributed by atoms with Crippen molar-refractivity contribution >= 4 is 22.5 Å².